The maximum Gasteiger partial charge on any atom is 0.196 e. The van der Waals surface area contributed by atoms with Crippen LogP contribution in [0.5, 0.6) is 0 Å². The molecule has 5 nitrogen and oxygen atoms in total. The van der Waals surface area contributed by atoms with E-state index in [1.54, 1.807) is 0 Å². The second kappa shape index (κ2) is 5.24. The second-order valence-corrected chi connectivity index (χ2v) is 4.92. The number of rotatable bonds is 3. The lowest BCUT2D eigenvalue weighted by molar-refractivity contribution is 0.982. The zero-order chi connectivity index (χ0) is 13.1. The first-order valence-electron chi connectivity index (χ1n) is 5.46. The first-order valence-corrected chi connectivity index (χ1v) is 6.27. The van der Waals surface area contributed by atoms with Crippen molar-refractivity contribution >= 4 is 23.4 Å². The summed E-state index contributed by atoms with van der Waals surface area (Å²) in [4.78, 5) is 9.34. The monoisotopic (exact) mass is 261 g/mol. The molecule has 0 fully saturated rings. The predicted octanol–water partition coefficient (Wildman–Crippen LogP) is 1.56. The summed E-state index contributed by atoms with van der Waals surface area (Å²) in [6, 6.07) is 7.59. The minimum Gasteiger partial charge on any atom is -0.383 e. The van der Waals surface area contributed by atoms with Gasteiger partial charge < -0.3 is 17.2 Å². The van der Waals surface area contributed by atoms with Gasteiger partial charge in [0, 0.05) is 17.5 Å². The fraction of sp³-hybridized carbons (Fsp3) is 0.167. The molecule has 0 bridgehead atoms. The standard InChI is InChI=1S/C12H15N5S/c1-7-4-8(6-13)2-3-9(7)18-12-16-10(14)5-11(15)17-12/h2-5H,6,13H2,1H3,(H4,14,15,16,17). The lowest BCUT2D eigenvalue weighted by Gasteiger charge is -2.07. The van der Waals surface area contributed by atoms with Gasteiger partial charge in [-0.1, -0.05) is 12.1 Å². The fourth-order valence-electron chi connectivity index (χ4n) is 1.56. The fourth-order valence-corrected chi connectivity index (χ4v) is 2.41. The molecule has 94 valence electrons. The Kier molecular flexibility index (Phi) is 3.69. The number of nitrogens with zero attached hydrogens (tertiary/aromatic N) is 2. The summed E-state index contributed by atoms with van der Waals surface area (Å²) in [6.45, 7) is 2.56. The molecule has 1 aromatic carbocycles. The Morgan fingerprint density at radius 2 is 1.78 bits per heavy atom. The topological polar surface area (TPSA) is 104 Å². The Balaban J connectivity index is 2.28. The van der Waals surface area contributed by atoms with Gasteiger partial charge >= 0.3 is 0 Å². The molecular weight excluding hydrogens is 246 g/mol. The van der Waals surface area contributed by atoms with Crippen LogP contribution in [0.25, 0.3) is 0 Å². The van der Waals surface area contributed by atoms with E-state index < -0.39 is 0 Å². The van der Waals surface area contributed by atoms with Crippen LogP contribution in [0.1, 0.15) is 11.1 Å². The molecule has 2 rings (SSSR count). The van der Waals surface area contributed by atoms with Crippen LogP contribution in [-0.2, 0) is 6.54 Å². The van der Waals surface area contributed by atoms with Gasteiger partial charge in [0.25, 0.3) is 0 Å². The summed E-state index contributed by atoms with van der Waals surface area (Å²) < 4.78 is 0. The van der Waals surface area contributed by atoms with Crippen molar-refractivity contribution in [3.8, 4) is 0 Å². The highest BCUT2D eigenvalue weighted by atomic mass is 32.2. The number of benzene rings is 1. The SMILES string of the molecule is Cc1cc(CN)ccc1Sc1nc(N)cc(N)n1. The predicted molar refractivity (Wildman–Crippen MR) is 74.1 cm³/mol. The van der Waals surface area contributed by atoms with Gasteiger partial charge in [-0.15, -0.1) is 0 Å². The van der Waals surface area contributed by atoms with Gasteiger partial charge in [-0.2, -0.15) is 0 Å². The van der Waals surface area contributed by atoms with Gasteiger partial charge in [-0.25, -0.2) is 9.97 Å². The molecular formula is C12H15N5S. The third-order valence-corrected chi connectivity index (χ3v) is 3.46. The molecule has 0 amide bonds. The molecule has 0 saturated carbocycles. The molecule has 6 N–H and O–H groups in total. The minimum atomic E-state index is 0.376. The molecule has 2 aromatic rings. The summed E-state index contributed by atoms with van der Waals surface area (Å²) in [7, 11) is 0. The van der Waals surface area contributed by atoms with Gasteiger partial charge in [-0.05, 0) is 35.9 Å². The van der Waals surface area contributed by atoms with Crippen molar-refractivity contribution in [3.05, 3.63) is 35.4 Å². The van der Waals surface area contributed by atoms with Crippen LogP contribution in [0.2, 0.25) is 0 Å². The lowest BCUT2D eigenvalue weighted by Crippen LogP contribution is -2.00. The summed E-state index contributed by atoms with van der Waals surface area (Å²) in [5.41, 5.74) is 19.1. The first-order chi connectivity index (χ1) is 8.58. The van der Waals surface area contributed by atoms with Crippen molar-refractivity contribution in [2.75, 3.05) is 11.5 Å². The highest BCUT2D eigenvalue weighted by molar-refractivity contribution is 7.99. The van der Waals surface area contributed by atoms with Crippen LogP contribution < -0.4 is 17.2 Å². The van der Waals surface area contributed by atoms with E-state index >= 15 is 0 Å². The van der Waals surface area contributed by atoms with Crippen molar-refractivity contribution < 1.29 is 0 Å². The Morgan fingerprint density at radius 1 is 1.11 bits per heavy atom. The number of anilines is 2. The molecule has 0 atom stereocenters. The van der Waals surface area contributed by atoms with Crippen molar-refractivity contribution in [1.29, 1.82) is 0 Å². The Bertz CT molecular complexity index is 550. The molecule has 0 spiro atoms. The second-order valence-electron chi connectivity index (χ2n) is 3.91. The lowest BCUT2D eigenvalue weighted by atomic mass is 10.1. The van der Waals surface area contributed by atoms with Crippen molar-refractivity contribution in [2.45, 2.75) is 23.5 Å². The smallest absolute Gasteiger partial charge is 0.196 e. The summed E-state index contributed by atoms with van der Waals surface area (Å²) >= 11 is 1.44. The van der Waals surface area contributed by atoms with E-state index in [-0.39, 0.29) is 0 Å². The van der Waals surface area contributed by atoms with Crippen LogP contribution in [0, 0.1) is 6.92 Å². The van der Waals surface area contributed by atoms with Crippen LogP contribution in [0.3, 0.4) is 0 Å². The Hall–Kier alpha value is -1.79. The number of aryl methyl sites for hydroxylation is 1. The molecule has 0 aliphatic heterocycles. The van der Waals surface area contributed by atoms with E-state index in [4.69, 9.17) is 17.2 Å². The number of nitrogen functional groups attached to an aromatic ring is 2. The Morgan fingerprint density at radius 3 is 2.33 bits per heavy atom. The van der Waals surface area contributed by atoms with Crippen molar-refractivity contribution in [1.82, 2.24) is 9.97 Å². The van der Waals surface area contributed by atoms with Crippen molar-refractivity contribution in [2.24, 2.45) is 5.73 Å². The van der Waals surface area contributed by atoms with Gasteiger partial charge in [-0.3, -0.25) is 0 Å². The number of nitrogens with two attached hydrogens (primary N) is 3. The Labute approximate surface area is 110 Å². The van der Waals surface area contributed by atoms with E-state index in [1.807, 2.05) is 19.1 Å². The summed E-state index contributed by atoms with van der Waals surface area (Å²) in [6.07, 6.45) is 0. The molecule has 1 heterocycles. The zero-order valence-corrected chi connectivity index (χ0v) is 10.9. The van der Waals surface area contributed by atoms with E-state index in [1.165, 1.54) is 17.8 Å². The molecule has 18 heavy (non-hydrogen) atoms. The normalized spacial score (nSPS) is 10.6. The highest BCUT2D eigenvalue weighted by Crippen LogP contribution is 2.29. The molecule has 0 aliphatic carbocycles. The van der Waals surface area contributed by atoms with Crippen LogP contribution >= 0.6 is 11.8 Å². The third kappa shape index (κ3) is 2.91. The van der Waals surface area contributed by atoms with E-state index in [0.717, 1.165) is 16.0 Å². The van der Waals surface area contributed by atoms with Crippen LogP contribution in [-0.4, -0.2) is 9.97 Å². The molecule has 0 saturated heterocycles. The molecule has 1 aromatic heterocycles. The zero-order valence-electron chi connectivity index (χ0n) is 10.1. The molecule has 0 unspecified atom stereocenters. The van der Waals surface area contributed by atoms with Gasteiger partial charge in [0.2, 0.25) is 0 Å². The van der Waals surface area contributed by atoms with E-state index in [9.17, 15) is 0 Å². The molecule has 6 heteroatoms. The number of hydrogen-bond acceptors (Lipinski definition) is 6. The maximum absolute atomic E-state index is 5.64. The van der Waals surface area contributed by atoms with Gasteiger partial charge in [0.15, 0.2) is 5.16 Å². The number of aromatic nitrogens is 2. The number of hydrogen-bond donors (Lipinski definition) is 3. The average molecular weight is 261 g/mol. The van der Waals surface area contributed by atoms with Crippen LogP contribution in [0.4, 0.5) is 11.6 Å². The van der Waals surface area contributed by atoms with E-state index in [2.05, 4.69) is 16.0 Å². The first kappa shape index (κ1) is 12.7. The van der Waals surface area contributed by atoms with Crippen LogP contribution in [0.15, 0.2) is 34.3 Å². The quantitative estimate of drug-likeness (QED) is 0.724. The third-order valence-electron chi connectivity index (χ3n) is 2.42. The average Bonchev–Trinajstić information content (AvgIpc) is 2.30. The largest absolute Gasteiger partial charge is 0.383 e. The molecule has 0 radical (unpaired) electrons. The van der Waals surface area contributed by atoms with E-state index in [0.29, 0.717) is 23.3 Å². The minimum absolute atomic E-state index is 0.376. The van der Waals surface area contributed by atoms with Gasteiger partial charge in [0.1, 0.15) is 11.6 Å². The van der Waals surface area contributed by atoms with Crippen molar-refractivity contribution in [3.63, 3.8) is 0 Å². The summed E-state index contributed by atoms with van der Waals surface area (Å²) in [5, 5.41) is 0.552. The summed E-state index contributed by atoms with van der Waals surface area (Å²) in [5.74, 6) is 0.752. The highest BCUT2D eigenvalue weighted by Gasteiger charge is 2.06. The molecule has 0 aliphatic rings. The maximum atomic E-state index is 5.64. The van der Waals surface area contributed by atoms with Gasteiger partial charge in [0.05, 0.1) is 0 Å².